The van der Waals surface area contributed by atoms with E-state index in [1.807, 2.05) is 45.0 Å². The van der Waals surface area contributed by atoms with E-state index in [-0.39, 0.29) is 23.9 Å². The Morgan fingerprint density at radius 3 is 2.33 bits per heavy atom. The average molecular weight is 664 g/mol. The molecule has 13 nitrogen and oxygen atoms in total. The second kappa shape index (κ2) is 13.6. The van der Waals surface area contributed by atoms with E-state index in [1.165, 1.54) is 6.07 Å². The van der Waals surface area contributed by atoms with Crippen LogP contribution in [0.3, 0.4) is 0 Å². The highest BCUT2D eigenvalue weighted by atomic mass is 19.1. The standard InChI is InChI=1S/C34H46FN9O4/c1-23(45)43-13-10-30-27(21-43)32(37-29-7-6-24(18-28(29)35)25-19-36-39(5)20-25)38-44(30)26-8-11-41(12-9-26)31(46)22-40-14-16-42(17-15-40)33(47)48-34(2,3)4/h6-7,18-20,26H,8-17,21-22H2,1-5H3,(H,37,38). The zero-order chi connectivity index (χ0) is 34.2. The van der Waals surface area contributed by atoms with Crippen molar-refractivity contribution >= 4 is 29.4 Å². The van der Waals surface area contributed by atoms with Gasteiger partial charge in [0.15, 0.2) is 5.82 Å². The third kappa shape index (κ3) is 7.48. The van der Waals surface area contributed by atoms with E-state index in [0.29, 0.717) is 76.8 Å². The van der Waals surface area contributed by atoms with Crippen molar-refractivity contribution in [3.63, 3.8) is 0 Å². The number of benzene rings is 1. The lowest BCUT2D eigenvalue weighted by atomic mass is 10.0. The van der Waals surface area contributed by atoms with Gasteiger partial charge in [-0.25, -0.2) is 9.18 Å². The molecule has 2 aromatic heterocycles. The molecule has 3 amide bonds. The molecule has 0 unspecified atom stereocenters. The number of likely N-dealkylation sites (tertiary alicyclic amines) is 1. The Bertz CT molecular complexity index is 1660. The fraction of sp³-hybridized carbons (Fsp3) is 0.559. The number of carbonyl (C=O) groups excluding carboxylic acids is 3. The Hall–Kier alpha value is -4.46. The highest BCUT2D eigenvalue weighted by molar-refractivity contribution is 5.78. The summed E-state index contributed by atoms with van der Waals surface area (Å²) in [7, 11) is 1.82. The molecule has 0 atom stereocenters. The molecule has 0 bridgehead atoms. The lowest BCUT2D eigenvalue weighted by Gasteiger charge is -2.37. The normalized spacial score (nSPS) is 17.8. The number of carbonyl (C=O) groups is 3. The van der Waals surface area contributed by atoms with Gasteiger partial charge in [0.1, 0.15) is 11.4 Å². The molecule has 5 heterocycles. The van der Waals surface area contributed by atoms with Crippen molar-refractivity contribution < 1.29 is 23.5 Å². The Morgan fingerprint density at radius 1 is 0.979 bits per heavy atom. The molecule has 2 fully saturated rings. The monoisotopic (exact) mass is 663 g/mol. The van der Waals surface area contributed by atoms with Crippen molar-refractivity contribution in [1.82, 2.24) is 39.2 Å². The molecule has 1 aromatic carbocycles. The maximum atomic E-state index is 15.4. The number of nitrogens with zero attached hydrogens (tertiary/aromatic N) is 8. The molecule has 14 heteroatoms. The molecule has 48 heavy (non-hydrogen) atoms. The fourth-order valence-electron chi connectivity index (χ4n) is 6.68. The number of amides is 3. The number of hydrogen-bond donors (Lipinski definition) is 1. The Labute approximate surface area is 280 Å². The van der Waals surface area contributed by atoms with Crippen LogP contribution in [0, 0.1) is 5.82 Å². The predicted molar refractivity (Wildman–Crippen MR) is 178 cm³/mol. The number of piperidine rings is 1. The summed E-state index contributed by atoms with van der Waals surface area (Å²) in [6.45, 7) is 12.0. The number of halogens is 1. The van der Waals surface area contributed by atoms with Gasteiger partial charge in [-0.2, -0.15) is 10.2 Å². The molecule has 0 spiro atoms. The van der Waals surface area contributed by atoms with Crippen molar-refractivity contribution in [3.8, 4) is 11.1 Å². The van der Waals surface area contributed by atoms with Crippen molar-refractivity contribution in [2.75, 3.05) is 57.7 Å². The number of ether oxygens (including phenoxy) is 1. The molecule has 1 N–H and O–H groups in total. The van der Waals surface area contributed by atoms with Crippen molar-refractivity contribution in [3.05, 3.63) is 47.7 Å². The fourth-order valence-corrected chi connectivity index (χ4v) is 6.68. The second-order valence-electron chi connectivity index (χ2n) is 14.0. The van der Waals surface area contributed by atoms with Gasteiger partial charge in [-0.3, -0.25) is 23.9 Å². The molecule has 3 aliphatic heterocycles. The number of fused-ring (bicyclic) bond motifs is 1. The molecule has 6 rings (SSSR count). The summed E-state index contributed by atoms with van der Waals surface area (Å²) in [4.78, 5) is 45.5. The van der Waals surface area contributed by atoms with Gasteiger partial charge >= 0.3 is 6.09 Å². The van der Waals surface area contributed by atoms with Crippen LogP contribution in [0.4, 0.5) is 20.7 Å². The van der Waals surface area contributed by atoms with E-state index in [2.05, 4.69) is 20.0 Å². The van der Waals surface area contributed by atoms with Gasteiger partial charge in [-0.1, -0.05) is 6.07 Å². The second-order valence-corrected chi connectivity index (χ2v) is 14.0. The maximum absolute atomic E-state index is 15.4. The summed E-state index contributed by atoms with van der Waals surface area (Å²) in [5.41, 5.74) is 3.27. The first-order valence-electron chi connectivity index (χ1n) is 16.7. The molecule has 0 radical (unpaired) electrons. The Kier molecular flexibility index (Phi) is 9.46. The summed E-state index contributed by atoms with van der Waals surface area (Å²) in [5, 5.41) is 12.4. The maximum Gasteiger partial charge on any atom is 0.410 e. The van der Waals surface area contributed by atoms with Crippen LogP contribution in [0.2, 0.25) is 0 Å². The summed E-state index contributed by atoms with van der Waals surface area (Å²) in [5.74, 6) is 0.223. The number of rotatable bonds is 6. The van der Waals surface area contributed by atoms with E-state index < -0.39 is 11.4 Å². The molecular formula is C34H46FN9O4. The topological polar surface area (TPSA) is 121 Å². The Morgan fingerprint density at radius 2 is 1.71 bits per heavy atom. The van der Waals surface area contributed by atoms with Gasteiger partial charge in [0.25, 0.3) is 0 Å². The number of anilines is 2. The number of aryl methyl sites for hydroxylation is 1. The van der Waals surface area contributed by atoms with Crippen molar-refractivity contribution in [1.29, 1.82) is 0 Å². The first-order chi connectivity index (χ1) is 22.8. The summed E-state index contributed by atoms with van der Waals surface area (Å²) < 4.78 is 24.6. The van der Waals surface area contributed by atoms with Crippen LogP contribution in [0.15, 0.2) is 30.6 Å². The lowest BCUT2D eigenvalue weighted by Crippen LogP contribution is -2.53. The predicted octanol–water partition coefficient (Wildman–Crippen LogP) is 3.79. The van der Waals surface area contributed by atoms with Gasteiger partial charge in [-0.15, -0.1) is 0 Å². The number of hydrogen-bond acceptors (Lipinski definition) is 8. The number of piperazine rings is 1. The van der Waals surface area contributed by atoms with Crippen molar-refractivity contribution in [2.24, 2.45) is 7.05 Å². The number of nitrogens with one attached hydrogen (secondary N) is 1. The van der Waals surface area contributed by atoms with Crippen LogP contribution in [0.5, 0.6) is 0 Å². The van der Waals surface area contributed by atoms with Crippen molar-refractivity contribution in [2.45, 2.75) is 65.1 Å². The highest BCUT2D eigenvalue weighted by Gasteiger charge is 2.33. The third-order valence-corrected chi connectivity index (χ3v) is 9.34. The minimum Gasteiger partial charge on any atom is -0.444 e. The zero-order valence-electron chi connectivity index (χ0n) is 28.5. The third-order valence-electron chi connectivity index (χ3n) is 9.34. The highest BCUT2D eigenvalue weighted by Crippen LogP contribution is 2.35. The summed E-state index contributed by atoms with van der Waals surface area (Å²) >= 11 is 0. The van der Waals surface area contributed by atoms with Crippen LogP contribution < -0.4 is 5.32 Å². The van der Waals surface area contributed by atoms with Crippen LogP contribution >= 0.6 is 0 Å². The molecule has 2 saturated heterocycles. The first kappa shape index (κ1) is 33.4. The van der Waals surface area contributed by atoms with Crippen LogP contribution in [-0.2, 0) is 34.3 Å². The summed E-state index contributed by atoms with van der Waals surface area (Å²) in [6, 6.07) is 5.12. The van der Waals surface area contributed by atoms with Gasteiger partial charge < -0.3 is 24.8 Å². The van der Waals surface area contributed by atoms with E-state index in [9.17, 15) is 14.4 Å². The summed E-state index contributed by atoms with van der Waals surface area (Å²) in [6.07, 6.45) is 5.37. The Balaban J connectivity index is 1.09. The minimum absolute atomic E-state index is 0.00979. The quantitative estimate of drug-likeness (QED) is 0.423. The lowest BCUT2D eigenvalue weighted by molar-refractivity contribution is -0.134. The minimum atomic E-state index is -0.538. The SMILES string of the molecule is CC(=O)N1CCc2c(c(Nc3ccc(-c4cnn(C)c4)cc3F)nn2C2CCN(C(=O)CN3CCN(C(=O)OC(C)(C)C)CC3)CC2)C1. The zero-order valence-corrected chi connectivity index (χ0v) is 28.5. The van der Waals surface area contributed by atoms with Gasteiger partial charge in [0, 0.05) is 89.2 Å². The average Bonchev–Trinajstić information content (AvgIpc) is 3.64. The van der Waals surface area contributed by atoms with E-state index in [0.717, 1.165) is 35.2 Å². The van der Waals surface area contributed by atoms with E-state index >= 15 is 4.39 Å². The van der Waals surface area contributed by atoms with Gasteiger partial charge in [0.2, 0.25) is 11.8 Å². The smallest absolute Gasteiger partial charge is 0.410 e. The van der Waals surface area contributed by atoms with Gasteiger partial charge in [-0.05, 0) is 51.3 Å². The van der Waals surface area contributed by atoms with Crippen LogP contribution in [0.1, 0.15) is 57.8 Å². The number of aromatic nitrogens is 4. The molecule has 0 aliphatic carbocycles. The van der Waals surface area contributed by atoms with Gasteiger partial charge in [0.05, 0.1) is 31.0 Å². The molecule has 3 aliphatic rings. The van der Waals surface area contributed by atoms with Crippen LogP contribution in [0.25, 0.3) is 11.1 Å². The largest absolute Gasteiger partial charge is 0.444 e. The molecule has 0 saturated carbocycles. The van der Waals surface area contributed by atoms with E-state index in [1.54, 1.807) is 33.7 Å². The van der Waals surface area contributed by atoms with E-state index in [4.69, 9.17) is 9.84 Å². The first-order valence-corrected chi connectivity index (χ1v) is 16.7. The van der Waals surface area contributed by atoms with Crippen LogP contribution in [-0.4, -0.2) is 115 Å². The molecule has 258 valence electrons. The molecular weight excluding hydrogens is 617 g/mol. The molecule has 3 aromatic rings.